The molecule has 1 aromatic heterocycles. The van der Waals surface area contributed by atoms with E-state index in [0.29, 0.717) is 6.42 Å². The molecule has 1 fully saturated rings. The zero-order chi connectivity index (χ0) is 10.8. The van der Waals surface area contributed by atoms with Crippen molar-refractivity contribution in [3.05, 3.63) is 22.4 Å². The highest BCUT2D eigenvalue weighted by atomic mass is 32.1. The number of carbonyl (C=O) groups excluding carboxylic acids is 1. The minimum Gasteiger partial charge on any atom is -0.334 e. The predicted molar refractivity (Wildman–Crippen MR) is 61.7 cm³/mol. The van der Waals surface area contributed by atoms with Crippen molar-refractivity contribution in [1.29, 1.82) is 0 Å². The quantitative estimate of drug-likeness (QED) is 0.850. The standard InChI is InChI=1S/C11H16N2OS/c1-2-4-13-10(14)6-9(12)11(13)8-3-5-15-7-8/h3,5,7,9,11H,2,4,6,12H2,1H3/t9-,11+/m0/s1. The molecule has 0 aromatic carbocycles. The van der Waals surface area contributed by atoms with Crippen LogP contribution in [0.4, 0.5) is 0 Å². The van der Waals surface area contributed by atoms with Gasteiger partial charge in [-0.15, -0.1) is 0 Å². The maximum Gasteiger partial charge on any atom is 0.224 e. The van der Waals surface area contributed by atoms with Crippen LogP contribution < -0.4 is 5.73 Å². The topological polar surface area (TPSA) is 46.3 Å². The number of rotatable bonds is 3. The Kier molecular flexibility index (Phi) is 3.07. The van der Waals surface area contributed by atoms with Gasteiger partial charge in [-0.05, 0) is 28.8 Å². The van der Waals surface area contributed by atoms with Gasteiger partial charge in [0.1, 0.15) is 0 Å². The molecule has 0 aliphatic carbocycles. The van der Waals surface area contributed by atoms with Crippen molar-refractivity contribution in [2.75, 3.05) is 6.54 Å². The Morgan fingerprint density at radius 1 is 1.67 bits per heavy atom. The number of nitrogens with zero attached hydrogens (tertiary/aromatic N) is 1. The Bertz CT molecular complexity index is 336. The van der Waals surface area contributed by atoms with Crippen molar-refractivity contribution in [1.82, 2.24) is 4.90 Å². The third-order valence-electron chi connectivity index (χ3n) is 2.82. The SMILES string of the molecule is CCCN1C(=O)C[C@H](N)[C@H]1c1ccsc1. The van der Waals surface area contributed by atoms with Crippen molar-refractivity contribution in [2.45, 2.75) is 31.8 Å². The second kappa shape index (κ2) is 4.33. The van der Waals surface area contributed by atoms with E-state index >= 15 is 0 Å². The first-order chi connectivity index (χ1) is 7.24. The van der Waals surface area contributed by atoms with Crippen molar-refractivity contribution in [3.8, 4) is 0 Å². The maximum absolute atomic E-state index is 11.7. The molecule has 1 aromatic rings. The molecule has 0 bridgehead atoms. The summed E-state index contributed by atoms with van der Waals surface area (Å²) in [5.74, 6) is 0.195. The lowest BCUT2D eigenvalue weighted by Crippen LogP contribution is -2.33. The first-order valence-corrected chi connectivity index (χ1v) is 6.25. The molecule has 3 nitrogen and oxygen atoms in total. The van der Waals surface area contributed by atoms with Gasteiger partial charge in [-0.25, -0.2) is 0 Å². The summed E-state index contributed by atoms with van der Waals surface area (Å²) in [4.78, 5) is 13.7. The van der Waals surface area contributed by atoms with E-state index in [-0.39, 0.29) is 18.0 Å². The molecule has 2 heterocycles. The highest BCUT2D eigenvalue weighted by Crippen LogP contribution is 2.33. The summed E-state index contributed by atoms with van der Waals surface area (Å²) in [5, 5.41) is 4.13. The lowest BCUT2D eigenvalue weighted by molar-refractivity contribution is -0.129. The van der Waals surface area contributed by atoms with Gasteiger partial charge in [0.15, 0.2) is 0 Å². The molecular weight excluding hydrogens is 208 g/mol. The molecule has 2 atom stereocenters. The predicted octanol–water partition coefficient (Wildman–Crippen LogP) is 1.76. The van der Waals surface area contributed by atoms with Crippen LogP contribution in [0.1, 0.15) is 31.4 Å². The minimum atomic E-state index is -0.0429. The van der Waals surface area contributed by atoms with Crippen LogP contribution in [-0.2, 0) is 4.79 Å². The van der Waals surface area contributed by atoms with Gasteiger partial charge >= 0.3 is 0 Å². The summed E-state index contributed by atoms with van der Waals surface area (Å²) < 4.78 is 0. The number of amides is 1. The molecule has 0 saturated carbocycles. The smallest absolute Gasteiger partial charge is 0.224 e. The van der Waals surface area contributed by atoms with Gasteiger partial charge in [0.25, 0.3) is 0 Å². The molecular formula is C11H16N2OS. The molecule has 1 saturated heterocycles. The van der Waals surface area contributed by atoms with E-state index in [9.17, 15) is 4.79 Å². The number of nitrogens with two attached hydrogens (primary N) is 1. The van der Waals surface area contributed by atoms with Gasteiger partial charge < -0.3 is 10.6 Å². The second-order valence-corrected chi connectivity index (χ2v) is 4.74. The van der Waals surface area contributed by atoms with Crippen molar-refractivity contribution < 1.29 is 4.79 Å². The van der Waals surface area contributed by atoms with Crippen LogP contribution in [0, 0.1) is 0 Å². The lowest BCUT2D eigenvalue weighted by atomic mass is 10.0. The molecule has 1 amide bonds. The zero-order valence-electron chi connectivity index (χ0n) is 8.85. The van der Waals surface area contributed by atoms with Crippen molar-refractivity contribution in [2.24, 2.45) is 5.73 Å². The fourth-order valence-corrected chi connectivity index (χ4v) is 2.88. The van der Waals surface area contributed by atoms with Crippen LogP contribution in [-0.4, -0.2) is 23.4 Å². The number of hydrogen-bond acceptors (Lipinski definition) is 3. The second-order valence-electron chi connectivity index (χ2n) is 3.96. The molecule has 0 unspecified atom stereocenters. The fraction of sp³-hybridized carbons (Fsp3) is 0.545. The zero-order valence-corrected chi connectivity index (χ0v) is 9.67. The summed E-state index contributed by atoms with van der Waals surface area (Å²) in [5.41, 5.74) is 7.21. The van der Waals surface area contributed by atoms with Gasteiger partial charge in [-0.1, -0.05) is 6.92 Å². The van der Waals surface area contributed by atoms with Crippen molar-refractivity contribution >= 4 is 17.2 Å². The Morgan fingerprint density at radius 2 is 2.47 bits per heavy atom. The largest absolute Gasteiger partial charge is 0.334 e. The van der Waals surface area contributed by atoms with Crippen molar-refractivity contribution in [3.63, 3.8) is 0 Å². The van der Waals surface area contributed by atoms with Gasteiger partial charge in [0, 0.05) is 19.0 Å². The number of carbonyl (C=O) groups is 1. The Labute approximate surface area is 93.9 Å². The van der Waals surface area contributed by atoms with Gasteiger partial charge in [-0.3, -0.25) is 4.79 Å². The summed E-state index contributed by atoms with van der Waals surface area (Å²) in [6.45, 7) is 2.90. The molecule has 2 N–H and O–H groups in total. The summed E-state index contributed by atoms with van der Waals surface area (Å²) in [6.07, 6.45) is 1.47. The van der Waals surface area contributed by atoms with Gasteiger partial charge in [0.2, 0.25) is 5.91 Å². The third kappa shape index (κ3) is 1.92. The Hall–Kier alpha value is -0.870. The van der Waals surface area contributed by atoms with Gasteiger partial charge in [0.05, 0.1) is 6.04 Å². The highest BCUT2D eigenvalue weighted by molar-refractivity contribution is 7.08. The summed E-state index contributed by atoms with van der Waals surface area (Å²) in [6, 6.07) is 2.12. The molecule has 4 heteroatoms. The fourth-order valence-electron chi connectivity index (χ4n) is 2.19. The third-order valence-corrected chi connectivity index (χ3v) is 3.52. The average molecular weight is 224 g/mol. The molecule has 0 radical (unpaired) electrons. The average Bonchev–Trinajstić information content (AvgIpc) is 2.77. The molecule has 0 spiro atoms. The van der Waals surface area contributed by atoms with E-state index in [0.717, 1.165) is 13.0 Å². The van der Waals surface area contributed by atoms with E-state index in [4.69, 9.17) is 5.73 Å². The normalized spacial score (nSPS) is 26.3. The number of hydrogen-bond donors (Lipinski definition) is 1. The Morgan fingerprint density at radius 3 is 3.07 bits per heavy atom. The summed E-state index contributed by atoms with van der Waals surface area (Å²) in [7, 11) is 0. The number of thiophene rings is 1. The molecule has 2 rings (SSSR count). The minimum absolute atomic E-state index is 0.0429. The molecule has 1 aliphatic rings. The molecule has 1 aliphatic heterocycles. The highest BCUT2D eigenvalue weighted by Gasteiger charge is 2.37. The first-order valence-electron chi connectivity index (χ1n) is 5.31. The summed E-state index contributed by atoms with van der Waals surface area (Å²) >= 11 is 1.66. The Balaban J connectivity index is 2.23. The van der Waals surface area contributed by atoms with E-state index in [2.05, 4.69) is 18.4 Å². The lowest BCUT2D eigenvalue weighted by Gasteiger charge is -2.25. The van der Waals surface area contributed by atoms with Gasteiger partial charge in [-0.2, -0.15) is 11.3 Å². The van der Waals surface area contributed by atoms with E-state index in [1.807, 2.05) is 10.3 Å². The monoisotopic (exact) mass is 224 g/mol. The molecule has 15 heavy (non-hydrogen) atoms. The van der Waals surface area contributed by atoms with Crippen LogP contribution in [0.25, 0.3) is 0 Å². The van der Waals surface area contributed by atoms with Crippen LogP contribution in [0.2, 0.25) is 0 Å². The molecule has 82 valence electrons. The van der Waals surface area contributed by atoms with E-state index in [1.54, 1.807) is 11.3 Å². The first kappa shape index (κ1) is 10.6. The van der Waals surface area contributed by atoms with Crippen LogP contribution in [0.15, 0.2) is 16.8 Å². The number of likely N-dealkylation sites (tertiary alicyclic amines) is 1. The van der Waals surface area contributed by atoms with E-state index < -0.39 is 0 Å². The van der Waals surface area contributed by atoms with Crippen LogP contribution in [0.3, 0.4) is 0 Å². The van der Waals surface area contributed by atoms with Crippen LogP contribution in [0.5, 0.6) is 0 Å². The van der Waals surface area contributed by atoms with E-state index in [1.165, 1.54) is 5.56 Å². The maximum atomic E-state index is 11.7. The van der Waals surface area contributed by atoms with Crippen LogP contribution >= 0.6 is 11.3 Å².